The molecule has 0 radical (unpaired) electrons. The van der Waals surface area contributed by atoms with Crippen LogP contribution in [0.5, 0.6) is 0 Å². The molecule has 2 aromatic heterocycles. The van der Waals surface area contributed by atoms with Crippen molar-refractivity contribution < 1.29 is 9.59 Å². The van der Waals surface area contributed by atoms with Crippen molar-refractivity contribution in [3.8, 4) is 0 Å². The summed E-state index contributed by atoms with van der Waals surface area (Å²) in [6.45, 7) is 4.36. The predicted octanol–water partition coefficient (Wildman–Crippen LogP) is 11.9. The molecule has 10 aromatic rings. The van der Waals surface area contributed by atoms with E-state index in [4.69, 9.17) is 0 Å². The van der Waals surface area contributed by atoms with Crippen molar-refractivity contribution >= 4 is 118 Å². The first-order valence-electron chi connectivity index (χ1n) is 26.0. The second kappa shape index (κ2) is 22.6. The molecule has 376 valence electrons. The predicted molar refractivity (Wildman–Crippen MR) is 306 cm³/mol. The maximum atomic E-state index is 13.6. The van der Waals surface area contributed by atoms with Crippen LogP contribution in [0.25, 0.3) is 83.4 Å². The molecule has 2 heterocycles. The summed E-state index contributed by atoms with van der Waals surface area (Å²) in [5, 5.41) is 2.30. The zero-order valence-electron chi connectivity index (χ0n) is 41.7. The highest BCUT2D eigenvalue weighted by Crippen LogP contribution is 2.31. The van der Waals surface area contributed by atoms with Gasteiger partial charge in [0.1, 0.15) is 11.6 Å². The second-order valence-corrected chi connectivity index (χ2v) is 21.7. The third kappa shape index (κ3) is 10.0. The minimum atomic E-state index is -0.414. The fourth-order valence-corrected chi connectivity index (χ4v) is 12.8. The zero-order valence-corrected chi connectivity index (χ0v) is 43.3. The van der Waals surface area contributed by atoms with Crippen LogP contribution in [0.15, 0.2) is 123 Å². The lowest BCUT2D eigenvalue weighted by Crippen LogP contribution is -2.15. The number of hydrogen-bond donors (Lipinski definition) is 0. The quantitative estimate of drug-likeness (QED) is 0.0669. The van der Waals surface area contributed by atoms with Gasteiger partial charge in [-0.3, -0.25) is 47.9 Å². The average Bonchev–Trinajstić information content (AvgIpc) is 4.04. The minimum Gasteiger partial charge on any atom is -0.300 e. The van der Waals surface area contributed by atoms with Gasteiger partial charge in [-0.05, 0) is 61.1 Å². The highest BCUT2D eigenvalue weighted by Gasteiger charge is 2.24. The van der Waals surface area contributed by atoms with Crippen LogP contribution in [-0.4, -0.2) is 11.6 Å². The molecule has 0 spiro atoms. The molecule has 10 rings (SSSR count). The van der Waals surface area contributed by atoms with Crippen LogP contribution in [0.1, 0.15) is 128 Å². The normalized spacial score (nSPS) is 11.8. The first-order valence-corrected chi connectivity index (χ1v) is 27.7. The van der Waals surface area contributed by atoms with Gasteiger partial charge in [0, 0.05) is 68.8 Å². The first-order chi connectivity index (χ1) is 35.8. The number of aryl methyl sites for hydroxylation is 2. The van der Waals surface area contributed by atoms with Gasteiger partial charge in [-0.1, -0.05) is 139 Å². The Kier molecular flexibility index (Phi) is 15.9. The third-order valence-corrected chi connectivity index (χ3v) is 16.9. The Morgan fingerprint density at radius 1 is 0.324 bits per heavy atom. The van der Waals surface area contributed by atoms with E-state index in [1.165, 1.54) is 38.5 Å². The fourth-order valence-electron chi connectivity index (χ4n) is 10.4. The lowest BCUT2D eigenvalue weighted by molar-refractivity contribution is -0.120. The zero-order chi connectivity index (χ0) is 52.2. The van der Waals surface area contributed by atoms with Crippen molar-refractivity contribution in [3.63, 3.8) is 0 Å². The highest BCUT2D eigenvalue weighted by atomic mass is 32.1. The van der Waals surface area contributed by atoms with Crippen LogP contribution in [0.3, 0.4) is 0 Å². The van der Waals surface area contributed by atoms with Gasteiger partial charge in [0.05, 0.1) is 40.3 Å². The van der Waals surface area contributed by atoms with Crippen molar-refractivity contribution in [3.05, 3.63) is 178 Å². The Bertz CT molecular complexity index is 4020. The van der Waals surface area contributed by atoms with Gasteiger partial charge in [0.2, 0.25) is 21.7 Å². The summed E-state index contributed by atoms with van der Waals surface area (Å²) in [7, 11) is 0. The fraction of sp³-hybridized carbons (Fsp3) is 0.323. The van der Waals surface area contributed by atoms with Crippen molar-refractivity contribution in [1.29, 1.82) is 0 Å². The van der Waals surface area contributed by atoms with Gasteiger partial charge in [-0.25, -0.2) is 0 Å². The number of carbonyl (C=O) groups is 2. The first kappa shape index (κ1) is 51.9. The lowest BCUT2D eigenvalue weighted by atomic mass is 9.98. The van der Waals surface area contributed by atoms with Gasteiger partial charge in [-0.15, -0.1) is 22.7 Å². The molecule has 0 saturated carbocycles. The van der Waals surface area contributed by atoms with E-state index in [2.05, 4.69) is 13.8 Å². The summed E-state index contributed by atoms with van der Waals surface area (Å²) in [6, 6.07) is 23.2. The van der Waals surface area contributed by atoms with Crippen LogP contribution in [0.4, 0.5) is 0 Å². The Morgan fingerprint density at radius 2 is 0.608 bits per heavy atom. The number of unbranched alkanes of at least 4 members (excludes halogenated alkanes) is 10. The summed E-state index contributed by atoms with van der Waals surface area (Å²) in [5.41, 5.74) is -1.39. The van der Waals surface area contributed by atoms with Gasteiger partial charge >= 0.3 is 0 Å². The molecule has 0 bridgehead atoms. The number of hydrogen-bond acceptors (Lipinski definition) is 12. The minimum absolute atomic E-state index is 0.0432. The van der Waals surface area contributed by atoms with Crippen LogP contribution in [-0.2, 0) is 22.4 Å². The van der Waals surface area contributed by atoms with Gasteiger partial charge in [0.15, 0.2) is 21.7 Å². The summed E-state index contributed by atoms with van der Waals surface area (Å²) in [5.74, 6) is 0.403. The molecule has 0 aliphatic heterocycles. The Balaban J connectivity index is 0.000000182. The highest BCUT2D eigenvalue weighted by molar-refractivity contribution is 7.26. The van der Waals surface area contributed by atoms with E-state index in [9.17, 15) is 47.9 Å². The number of carbonyl (C=O) groups excluding carboxylic acids is 2. The number of thiophene rings is 2. The van der Waals surface area contributed by atoms with E-state index in [1.54, 1.807) is 84.9 Å². The van der Waals surface area contributed by atoms with Crippen LogP contribution in [0, 0.1) is 0 Å². The van der Waals surface area contributed by atoms with E-state index >= 15 is 0 Å². The molecule has 0 aliphatic rings. The van der Waals surface area contributed by atoms with Crippen molar-refractivity contribution in [2.45, 2.75) is 129 Å². The van der Waals surface area contributed by atoms with E-state index in [0.29, 0.717) is 49.3 Å². The number of benzene rings is 8. The molecule has 10 nitrogen and oxygen atoms in total. The monoisotopic (exact) mass is 1020 g/mol. The third-order valence-electron chi connectivity index (χ3n) is 14.5. The summed E-state index contributed by atoms with van der Waals surface area (Å²) < 4.78 is 0.616. The van der Waals surface area contributed by atoms with Crippen molar-refractivity contribution in [2.75, 3.05) is 0 Å². The number of rotatable bonds is 20. The standard InChI is InChI=1S/2C31H28O5S/c2*1-2-3-4-5-6-7-10-19(32)15-13-18-14-16-22-23(17-18)27(34)25-24-26(33)20-11-8-9-12-21(20)28(35)30(24)37-31(25)29(22)36/h2*8-9,11-12,14,16-17H,2-7,10,13,15H2,1H3. The largest absolute Gasteiger partial charge is 0.300 e. The van der Waals surface area contributed by atoms with Gasteiger partial charge in [0.25, 0.3) is 0 Å². The number of ketones is 2. The summed E-state index contributed by atoms with van der Waals surface area (Å²) >= 11 is 1.87. The van der Waals surface area contributed by atoms with Crippen LogP contribution in [0.2, 0.25) is 0 Å². The maximum Gasteiger partial charge on any atom is 0.204 e. The van der Waals surface area contributed by atoms with E-state index in [1.807, 2.05) is 0 Å². The molecule has 0 unspecified atom stereocenters. The number of Topliss-reactive ketones (excluding diaryl/α,β-unsaturated/α-hetero) is 2. The summed E-state index contributed by atoms with van der Waals surface area (Å²) in [6.07, 6.45) is 16.5. The Morgan fingerprint density at radius 3 is 0.946 bits per heavy atom. The second-order valence-electron chi connectivity index (χ2n) is 19.6. The molecular weight excluding hydrogens is 969 g/mol. The molecule has 74 heavy (non-hydrogen) atoms. The lowest BCUT2D eigenvalue weighted by Gasteiger charge is -2.04. The molecule has 0 saturated heterocycles. The topological polar surface area (TPSA) is 171 Å². The summed E-state index contributed by atoms with van der Waals surface area (Å²) in [4.78, 5) is 131. The van der Waals surface area contributed by atoms with Crippen molar-refractivity contribution in [2.24, 2.45) is 0 Å². The molecule has 12 heteroatoms. The molecule has 0 atom stereocenters. The average molecular weight is 1030 g/mol. The molecule has 0 N–H and O–H groups in total. The molecule has 0 aliphatic carbocycles. The molecule has 0 fully saturated rings. The number of fused-ring (bicyclic) bond motifs is 10. The van der Waals surface area contributed by atoms with E-state index in [0.717, 1.165) is 72.3 Å². The van der Waals surface area contributed by atoms with Crippen LogP contribution >= 0.6 is 22.7 Å². The van der Waals surface area contributed by atoms with Crippen LogP contribution < -0.4 is 43.4 Å². The van der Waals surface area contributed by atoms with Gasteiger partial charge in [-0.2, -0.15) is 0 Å². The Hall–Kier alpha value is -7.02. The maximum absolute atomic E-state index is 13.6. The molecule has 0 amide bonds. The Labute approximate surface area is 432 Å². The van der Waals surface area contributed by atoms with Gasteiger partial charge < -0.3 is 0 Å². The van der Waals surface area contributed by atoms with Crippen molar-refractivity contribution in [1.82, 2.24) is 0 Å². The molecule has 8 aromatic carbocycles. The SMILES string of the molecule is CCCCCCCCC(=O)CCc1ccc2c(=O)c3sc4c(=O)c5ccccc5c(=O)c4c3c(=O)c2c1.CCCCCCCCC(=O)CCc1ccc2c(=O)c3sc4c(=O)c5ccccc5c(=O)c4c3c(=O)c2c1. The van der Waals surface area contributed by atoms with E-state index < -0.39 is 21.7 Å². The smallest absolute Gasteiger partial charge is 0.204 e. The molecular formula is C62H56O10S2. The van der Waals surface area contributed by atoms with E-state index in [-0.39, 0.29) is 106 Å².